The molecule has 1 saturated carbocycles. The summed E-state index contributed by atoms with van der Waals surface area (Å²) in [4.78, 5) is 12.5. The molecule has 0 heterocycles. The van der Waals surface area contributed by atoms with Crippen molar-refractivity contribution >= 4 is 5.97 Å². The Morgan fingerprint density at radius 1 is 1.00 bits per heavy atom. The second-order valence-electron chi connectivity index (χ2n) is 7.42. The standard InChI is InChI=1S/C17H32O2/c1-7-15(3,4)14(18)19-17(16(5,6)8-2)12-10-9-11-13-17/h7-13H2,1-6H3. The van der Waals surface area contributed by atoms with E-state index < -0.39 is 0 Å². The monoisotopic (exact) mass is 268 g/mol. The summed E-state index contributed by atoms with van der Waals surface area (Å²) >= 11 is 0. The van der Waals surface area contributed by atoms with E-state index in [4.69, 9.17) is 4.74 Å². The van der Waals surface area contributed by atoms with E-state index in [0.29, 0.717) is 0 Å². The third-order valence-corrected chi connectivity index (χ3v) is 5.50. The maximum absolute atomic E-state index is 12.5. The fourth-order valence-corrected chi connectivity index (χ4v) is 2.82. The summed E-state index contributed by atoms with van der Waals surface area (Å²) in [5.41, 5.74) is -0.551. The SMILES string of the molecule is CCC(C)(C)C(=O)OC1(C(C)(C)CC)CCCCC1. The van der Waals surface area contributed by atoms with Crippen LogP contribution < -0.4 is 0 Å². The molecule has 0 unspecified atom stereocenters. The van der Waals surface area contributed by atoms with Crippen LogP contribution in [0, 0.1) is 10.8 Å². The normalized spacial score (nSPS) is 20.1. The summed E-state index contributed by atoms with van der Waals surface area (Å²) in [7, 11) is 0. The molecule has 2 heteroatoms. The predicted octanol–water partition coefficient (Wildman–Crippen LogP) is 5.10. The molecule has 0 bridgehead atoms. The van der Waals surface area contributed by atoms with Crippen molar-refractivity contribution in [2.24, 2.45) is 10.8 Å². The highest BCUT2D eigenvalue weighted by atomic mass is 16.6. The molecule has 0 aromatic rings. The van der Waals surface area contributed by atoms with Crippen molar-refractivity contribution in [2.75, 3.05) is 0 Å². The lowest BCUT2D eigenvalue weighted by Gasteiger charge is -2.49. The van der Waals surface area contributed by atoms with Crippen molar-refractivity contribution in [2.45, 2.75) is 92.1 Å². The van der Waals surface area contributed by atoms with E-state index in [9.17, 15) is 4.79 Å². The molecule has 0 aromatic heterocycles. The first-order valence-corrected chi connectivity index (χ1v) is 7.94. The average Bonchev–Trinajstić information content (AvgIpc) is 2.39. The maximum Gasteiger partial charge on any atom is 0.312 e. The zero-order valence-corrected chi connectivity index (χ0v) is 13.8. The predicted molar refractivity (Wildman–Crippen MR) is 80.1 cm³/mol. The van der Waals surface area contributed by atoms with E-state index >= 15 is 0 Å². The molecule has 0 aliphatic heterocycles. The van der Waals surface area contributed by atoms with E-state index in [-0.39, 0.29) is 22.4 Å². The van der Waals surface area contributed by atoms with Gasteiger partial charge in [0.2, 0.25) is 0 Å². The molecular weight excluding hydrogens is 236 g/mol. The lowest BCUT2D eigenvalue weighted by molar-refractivity contribution is -0.192. The van der Waals surface area contributed by atoms with Gasteiger partial charge in [0.05, 0.1) is 5.41 Å². The molecule has 2 nitrogen and oxygen atoms in total. The zero-order chi connectivity index (χ0) is 14.7. The Balaban J connectivity index is 2.96. The third-order valence-electron chi connectivity index (χ3n) is 5.50. The molecule has 0 atom stereocenters. The van der Waals surface area contributed by atoms with Crippen LogP contribution in [0.15, 0.2) is 0 Å². The van der Waals surface area contributed by atoms with Crippen LogP contribution >= 0.6 is 0 Å². The van der Waals surface area contributed by atoms with Gasteiger partial charge in [0.25, 0.3) is 0 Å². The molecule has 0 spiro atoms. The third kappa shape index (κ3) is 3.32. The molecule has 0 saturated heterocycles. The van der Waals surface area contributed by atoms with Gasteiger partial charge in [0, 0.05) is 5.41 Å². The highest BCUT2D eigenvalue weighted by Crippen LogP contribution is 2.48. The van der Waals surface area contributed by atoms with Crippen LogP contribution in [0.1, 0.15) is 86.5 Å². The van der Waals surface area contributed by atoms with Crippen LogP contribution in [-0.4, -0.2) is 11.6 Å². The van der Waals surface area contributed by atoms with E-state index in [1.165, 1.54) is 19.3 Å². The van der Waals surface area contributed by atoms with Crippen molar-refractivity contribution in [1.29, 1.82) is 0 Å². The van der Waals surface area contributed by atoms with Crippen molar-refractivity contribution < 1.29 is 9.53 Å². The van der Waals surface area contributed by atoms with Crippen molar-refractivity contribution in [3.8, 4) is 0 Å². The molecule has 0 radical (unpaired) electrons. The molecule has 19 heavy (non-hydrogen) atoms. The molecule has 0 amide bonds. The first-order chi connectivity index (χ1) is 8.71. The number of hydrogen-bond acceptors (Lipinski definition) is 2. The Kier molecular flexibility index (Phi) is 5.08. The average molecular weight is 268 g/mol. The van der Waals surface area contributed by atoms with Crippen LogP contribution in [0.3, 0.4) is 0 Å². The summed E-state index contributed by atoms with van der Waals surface area (Å²) in [5, 5.41) is 0. The van der Waals surface area contributed by atoms with Crippen LogP contribution in [0.2, 0.25) is 0 Å². The molecule has 0 N–H and O–H groups in total. The molecular formula is C17H32O2. The van der Waals surface area contributed by atoms with Crippen LogP contribution in [0.25, 0.3) is 0 Å². The fraction of sp³-hybridized carbons (Fsp3) is 0.941. The number of carbonyl (C=O) groups excluding carboxylic acids is 1. The van der Waals surface area contributed by atoms with Crippen LogP contribution in [0.5, 0.6) is 0 Å². The quantitative estimate of drug-likeness (QED) is 0.648. The second kappa shape index (κ2) is 5.85. The summed E-state index contributed by atoms with van der Waals surface area (Å²) in [6, 6.07) is 0. The number of esters is 1. The molecule has 1 rings (SSSR count). The Labute approximate surface area is 119 Å². The van der Waals surface area contributed by atoms with Gasteiger partial charge in [-0.25, -0.2) is 0 Å². The van der Waals surface area contributed by atoms with Gasteiger partial charge in [0.15, 0.2) is 0 Å². The highest BCUT2D eigenvalue weighted by Gasteiger charge is 2.49. The van der Waals surface area contributed by atoms with Gasteiger partial charge in [-0.3, -0.25) is 4.79 Å². The van der Waals surface area contributed by atoms with Gasteiger partial charge >= 0.3 is 5.97 Å². The van der Waals surface area contributed by atoms with Gasteiger partial charge in [-0.15, -0.1) is 0 Å². The zero-order valence-electron chi connectivity index (χ0n) is 13.8. The van der Waals surface area contributed by atoms with Gasteiger partial charge in [-0.1, -0.05) is 34.1 Å². The molecule has 1 fully saturated rings. The minimum absolute atomic E-state index is 0.0153. The maximum atomic E-state index is 12.5. The molecule has 112 valence electrons. The summed E-state index contributed by atoms with van der Waals surface area (Å²) in [5.74, 6) is -0.0153. The smallest absolute Gasteiger partial charge is 0.312 e. The molecule has 1 aliphatic carbocycles. The minimum Gasteiger partial charge on any atom is -0.458 e. The lowest BCUT2D eigenvalue weighted by atomic mass is 9.65. The Morgan fingerprint density at radius 2 is 1.53 bits per heavy atom. The van der Waals surface area contributed by atoms with Gasteiger partial charge in [-0.05, 0) is 52.4 Å². The van der Waals surface area contributed by atoms with Crippen LogP contribution in [0.4, 0.5) is 0 Å². The van der Waals surface area contributed by atoms with Gasteiger partial charge in [-0.2, -0.15) is 0 Å². The minimum atomic E-state index is -0.367. The first-order valence-electron chi connectivity index (χ1n) is 7.94. The second-order valence-corrected chi connectivity index (χ2v) is 7.42. The number of hydrogen-bond donors (Lipinski definition) is 0. The summed E-state index contributed by atoms with van der Waals surface area (Å²) in [6.07, 6.45) is 7.57. The Hall–Kier alpha value is -0.530. The number of rotatable bonds is 5. The summed E-state index contributed by atoms with van der Waals surface area (Å²) < 4.78 is 6.15. The van der Waals surface area contributed by atoms with Crippen LogP contribution in [-0.2, 0) is 9.53 Å². The largest absolute Gasteiger partial charge is 0.458 e. The summed E-state index contributed by atoms with van der Waals surface area (Å²) in [6.45, 7) is 12.7. The molecule has 1 aliphatic rings. The topological polar surface area (TPSA) is 26.3 Å². The van der Waals surface area contributed by atoms with Crippen molar-refractivity contribution in [1.82, 2.24) is 0 Å². The van der Waals surface area contributed by atoms with E-state index in [1.807, 2.05) is 13.8 Å². The fourth-order valence-electron chi connectivity index (χ4n) is 2.82. The van der Waals surface area contributed by atoms with E-state index in [1.54, 1.807) is 0 Å². The lowest BCUT2D eigenvalue weighted by Crippen LogP contribution is -2.51. The Bertz CT molecular complexity index is 309. The molecule has 0 aromatic carbocycles. The highest BCUT2D eigenvalue weighted by molar-refractivity contribution is 5.76. The Morgan fingerprint density at radius 3 is 1.95 bits per heavy atom. The van der Waals surface area contributed by atoms with Crippen molar-refractivity contribution in [3.63, 3.8) is 0 Å². The first kappa shape index (κ1) is 16.5. The number of carbonyl (C=O) groups is 1. The van der Waals surface area contributed by atoms with Gasteiger partial charge in [0.1, 0.15) is 5.60 Å². The van der Waals surface area contributed by atoms with E-state index in [0.717, 1.165) is 25.7 Å². The number of ether oxygens (including phenoxy) is 1. The van der Waals surface area contributed by atoms with Crippen molar-refractivity contribution in [3.05, 3.63) is 0 Å². The van der Waals surface area contributed by atoms with E-state index in [2.05, 4.69) is 27.7 Å². The van der Waals surface area contributed by atoms with Gasteiger partial charge < -0.3 is 4.74 Å².